The van der Waals surface area contributed by atoms with Gasteiger partial charge in [-0.1, -0.05) is 58.1 Å². The molecule has 4 rings (SSSR count). The molecule has 17 heteroatoms. The number of carbonyl (C=O) groups is 3. The minimum Gasteiger partial charge on any atom is -0.477 e. The molecular weight excluding hydrogens is 583 g/mol. The fourth-order valence-corrected chi connectivity index (χ4v) is 8.04. The number of aromatic nitrogens is 3. The molecule has 2 aromatic rings. The Morgan fingerprint density at radius 1 is 1.35 bits per heavy atom. The number of nitrogens with one attached hydrogen (secondary N) is 1. The summed E-state index contributed by atoms with van der Waals surface area (Å²) in [4.78, 5) is 43.0. The van der Waals surface area contributed by atoms with E-state index in [-0.39, 0.29) is 26.6 Å². The van der Waals surface area contributed by atoms with Crippen LogP contribution in [0, 0.1) is 0 Å². The Kier molecular flexibility index (Phi) is 8.01. The lowest BCUT2D eigenvalue weighted by Gasteiger charge is -2.49. The van der Waals surface area contributed by atoms with Crippen molar-refractivity contribution < 1.29 is 19.5 Å². The van der Waals surface area contributed by atoms with E-state index in [0.29, 0.717) is 21.4 Å². The van der Waals surface area contributed by atoms with E-state index in [1.165, 1.54) is 56.9 Å². The third-order valence-corrected chi connectivity index (χ3v) is 10.2. The SMILES string of the molecule is CSc1nnc(SCC2=C(C(=O)O)N3C(=O)C(NC(=O)C(=C(Cl)Cl)c4csc(N)n4)[C@@H]3SC2)s1. The van der Waals surface area contributed by atoms with E-state index >= 15 is 0 Å². The number of thiazole rings is 1. The van der Waals surface area contributed by atoms with E-state index in [2.05, 4.69) is 20.5 Å². The zero-order chi connectivity index (χ0) is 24.6. The summed E-state index contributed by atoms with van der Waals surface area (Å²) in [6.07, 6.45) is 1.90. The number of hydrogen-bond acceptors (Lipinski definition) is 12. The number of nitrogen functional groups attached to an aromatic ring is 1. The van der Waals surface area contributed by atoms with Gasteiger partial charge in [-0.15, -0.1) is 33.3 Å². The van der Waals surface area contributed by atoms with Crippen molar-refractivity contribution >= 4 is 110 Å². The van der Waals surface area contributed by atoms with E-state index in [4.69, 9.17) is 28.9 Å². The first-order chi connectivity index (χ1) is 16.2. The van der Waals surface area contributed by atoms with E-state index in [9.17, 15) is 19.5 Å². The number of amides is 2. The standard InChI is InChI=1S/C17H14Cl2N6O4S5/c1-30-16-23-24-17(34-16)33-3-5-2-31-13-8(12(27)25(13)9(5)14(28)29)22-11(26)7(10(18)19)6-4-32-15(20)21-6/h4,8,13H,2-3H2,1H3,(H2,20,21)(H,22,26)(H,28,29)/t8?,13-/m0/s1. The van der Waals surface area contributed by atoms with Gasteiger partial charge in [0.25, 0.3) is 11.8 Å². The van der Waals surface area contributed by atoms with Gasteiger partial charge in [-0.2, -0.15) is 0 Å². The van der Waals surface area contributed by atoms with Crippen LogP contribution < -0.4 is 11.1 Å². The van der Waals surface area contributed by atoms with Crippen molar-refractivity contribution in [2.75, 3.05) is 23.5 Å². The molecule has 2 amide bonds. The highest BCUT2D eigenvalue weighted by Gasteiger charge is 2.54. The first kappa shape index (κ1) is 25.6. The summed E-state index contributed by atoms with van der Waals surface area (Å²) in [6.45, 7) is 0. The number of nitrogens with two attached hydrogens (primary N) is 1. The van der Waals surface area contributed by atoms with Gasteiger partial charge in [0.1, 0.15) is 21.6 Å². The van der Waals surface area contributed by atoms with Gasteiger partial charge in [-0.3, -0.25) is 14.5 Å². The van der Waals surface area contributed by atoms with Crippen molar-refractivity contribution in [3.63, 3.8) is 0 Å². The van der Waals surface area contributed by atoms with Gasteiger partial charge in [0.15, 0.2) is 13.8 Å². The van der Waals surface area contributed by atoms with Crippen LogP contribution in [-0.4, -0.2) is 72.1 Å². The maximum absolute atomic E-state index is 12.9. The summed E-state index contributed by atoms with van der Waals surface area (Å²) in [7, 11) is 0. The smallest absolute Gasteiger partial charge is 0.352 e. The van der Waals surface area contributed by atoms with Gasteiger partial charge in [-0.05, 0) is 11.8 Å². The molecule has 2 atom stereocenters. The number of carbonyl (C=O) groups excluding carboxylic acids is 2. The molecule has 0 spiro atoms. The number of carboxylic acid groups (broad SMARTS) is 1. The molecule has 10 nitrogen and oxygen atoms in total. The molecule has 1 unspecified atom stereocenters. The molecule has 1 fully saturated rings. The Balaban J connectivity index is 1.49. The number of fused-ring (bicyclic) bond motifs is 1. The number of hydrogen-bond donors (Lipinski definition) is 3. The van der Waals surface area contributed by atoms with E-state index in [1.54, 1.807) is 0 Å². The number of anilines is 1. The second kappa shape index (κ2) is 10.6. The predicted molar refractivity (Wildman–Crippen MR) is 137 cm³/mol. The number of rotatable bonds is 8. The molecule has 2 aromatic heterocycles. The summed E-state index contributed by atoms with van der Waals surface area (Å²) >= 11 is 18.5. The molecule has 0 aliphatic carbocycles. The molecule has 34 heavy (non-hydrogen) atoms. The van der Waals surface area contributed by atoms with Crippen molar-refractivity contribution in [3.8, 4) is 0 Å². The molecule has 2 aliphatic heterocycles. The fourth-order valence-electron chi connectivity index (χ4n) is 3.20. The minimum absolute atomic E-state index is 0.0697. The van der Waals surface area contributed by atoms with Crippen LogP contribution in [0.3, 0.4) is 0 Å². The van der Waals surface area contributed by atoms with Gasteiger partial charge < -0.3 is 16.2 Å². The molecule has 0 saturated carbocycles. The van der Waals surface area contributed by atoms with Crippen LogP contribution in [0.2, 0.25) is 0 Å². The maximum atomic E-state index is 12.9. The summed E-state index contributed by atoms with van der Waals surface area (Å²) in [5.74, 6) is -1.71. The number of carboxylic acids is 1. The highest BCUT2D eigenvalue weighted by Crippen LogP contribution is 2.42. The summed E-state index contributed by atoms with van der Waals surface area (Å²) < 4.78 is 1.21. The van der Waals surface area contributed by atoms with Gasteiger partial charge in [-0.25, -0.2) is 9.78 Å². The normalized spacial score (nSPS) is 19.5. The van der Waals surface area contributed by atoms with Gasteiger partial charge in [0, 0.05) is 16.9 Å². The van der Waals surface area contributed by atoms with Crippen molar-refractivity contribution in [1.29, 1.82) is 0 Å². The second-order valence-electron chi connectivity index (χ2n) is 6.65. The number of aliphatic carboxylic acids is 1. The first-order valence-corrected chi connectivity index (χ1v) is 14.9. The van der Waals surface area contributed by atoms with Crippen LogP contribution in [-0.2, 0) is 14.4 Å². The quantitative estimate of drug-likeness (QED) is 0.234. The highest BCUT2D eigenvalue weighted by atomic mass is 35.5. The Bertz CT molecular complexity index is 1230. The lowest BCUT2D eigenvalue weighted by Crippen LogP contribution is -2.70. The van der Waals surface area contributed by atoms with Crippen molar-refractivity contribution in [3.05, 3.63) is 26.8 Å². The first-order valence-electron chi connectivity index (χ1n) is 9.19. The molecule has 2 aliphatic rings. The third kappa shape index (κ3) is 5.05. The van der Waals surface area contributed by atoms with Crippen LogP contribution >= 0.6 is 81.2 Å². The van der Waals surface area contributed by atoms with Gasteiger partial charge in [0.2, 0.25) is 0 Å². The molecule has 180 valence electrons. The average Bonchev–Trinajstić information content (AvgIpc) is 3.43. The summed E-state index contributed by atoms with van der Waals surface area (Å²) in [5.41, 5.74) is 6.22. The molecule has 0 bridgehead atoms. The number of halogens is 2. The molecule has 4 N–H and O–H groups in total. The van der Waals surface area contributed by atoms with Crippen molar-refractivity contribution in [2.45, 2.75) is 20.1 Å². The zero-order valence-electron chi connectivity index (χ0n) is 17.0. The zero-order valence-corrected chi connectivity index (χ0v) is 22.6. The number of nitrogens with zero attached hydrogens (tertiary/aromatic N) is 4. The van der Waals surface area contributed by atoms with Crippen LogP contribution in [0.15, 0.2) is 29.8 Å². The fraction of sp³-hybridized carbons (Fsp3) is 0.294. The Morgan fingerprint density at radius 3 is 2.68 bits per heavy atom. The highest BCUT2D eigenvalue weighted by molar-refractivity contribution is 8.03. The minimum atomic E-state index is -1.21. The third-order valence-electron chi connectivity index (χ3n) is 4.66. The monoisotopic (exact) mass is 596 g/mol. The number of β-lactam (4-membered cyclic amide) rings is 1. The van der Waals surface area contributed by atoms with E-state index in [0.717, 1.165) is 15.7 Å². The lowest BCUT2D eigenvalue weighted by atomic mass is 10.0. The van der Waals surface area contributed by atoms with Crippen molar-refractivity contribution in [1.82, 2.24) is 25.4 Å². The molecule has 4 heterocycles. The Labute approximate surface area is 223 Å². The van der Waals surface area contributed by atoms with Crippen molar-refractivity contribution in [2.24, 2.45) is 0 Å². The van der Waals surface area contributed by atoms with E-state index < -0.39 is 29.2 Å². The molecule has 0 aromatic carbocycles. The number of thioether (sulfide) groups is 3. The van der Waals surface area contributed by atoms with Gasteiger partial charge >= 0.3 is 5.97 Å². The largest absolute Gasteiger partial charge is 0.477 e. The Hall–Kier alpha value is -1.49. The molecule has 0 radical (unpaired) electrons. The second-order valence-corrected chi connectivity index (χ2v) is 12.8. The maximum Gasteiger partial charge on any atom is 0.352 e. The van der Waals surface area contributed by atoms with E-state index in [1.807, 2.05) is 6.26 Å². The van der Waals surface area contributed by atoms with Crippen LogP contribution in [0.4, 0.5) is 5.13 Å². The molecule has 1 saturated heterocycles. The van der Waals surface area contributed by atoms with Crippen LogP contribution in [0.5, 0.6) is 0 Å². The lowest BCUT2D eigenvalue weighted by molar-refractivity contribution is -0.150. The average molecular weight is 598 g/mol. The topological polar surface area (TPSA) is 151 Å². The van der Waals surface area contributed by atoms with Gasteiger partial charge in [0.05, 0.1) is 11.3 Å². The summed E-state index contributed by atoms with van der Waals surface area (Å²) in [6, 6.07) is -0.938. The summed E-state index contributed by atoms with van der Waals surface area (Å²) in [5, 5.41) is 21.7. The Morgan fingerprint density at radius 2 is 2.09 bits per heavy atom. The van der Waals surface area contributed by atoms with Crippen LogP contribution in [0.25, 0.3) is 5.57 Å². The predicted octanol–water partition coefficient (Wildman–Crippen LogP) is 2.98. The molecular formula is C17H14Cl2N6O4S5. The van der Waals surface area contributed by atoms with Crippen LogP contribution in [0.1, 0.15) is 5.69 Å².